The lowest BCUT2D eigenvalue weighted by atomic mass is 9.88. The van der Waals surface area contributed by atoms with E-state index in [4.69, 9.17) is 14.5 Å². The molecule has 1 saturated carbocycles. The molecular formula is C26H28BrN3O4. The number of esters is 1. The zero-order valence-corrected chi connectivity index (χ0v) is 21.0. The summed E-state index contributed by atoms with van der Waals surface area (Å²) in [7, 11) is 0. The van der Waals surface area contributed by atoms with Crippen LogP contribution in [0.2, 0.25) is 0 Å². The van der Waals surface area contributed by atoms with Crippen LogP contribution in [-0.2, 0) is 9.53 Å². The molecule has 4 rings (SSSR count). The first kappa shape index (κ1) is 24.1. The first-order chi connectivity index (χ1) is 16.5. The maximum absolute atomic E-state index is 13.3. The third kappa shape index (κ3) is 5.38. The van der Waals surface area contributed by atoms with Gasteiger partial charge in [0.25, 0.3) is 5.56 Å². The van der Waals surface area contributed by atoms with Crippen LogP contribution in [0, 0.1) is 0 Å². The first-order valence-corrected chi connectivity index (χ1v) is 12.5. The third-order valence-electron chi connectivity index (χ3n) is 5.95. The second kappa shape index (κ2) is 11.0. The SMILES string of the molecule is CCOC(=O)[C@@H](C)Oc1ccc(C=Nn2c(C3CCCCC3)nc3ccccc3c2=O)cc1Br. The van der Waals surface area contributed by atoms with Crippen molar-refractivity contribution in [3.05, 3.63) is 68.7 Å². The summed E-state index contributed by atoms with van der Waals surface area (Å²) in [6.07, 6.45) is 6.43. The molecule has 7 nitrogen and oxygen atoms in total. The Bertz CT molecular complexity index is 1260. The molecule has 0 radical (unpaired) electrons. The number of hydrogen-bond acceptors (Lipinski definition) is 6. The van der Waals surface area contributed by atoms with E-state index in [2.05, 4.69) is 21.0 Å². The summed E-state index contributed by atoms with van der Waals surface area (Å²) >= 11 is 3.49. The number of ether oxygens (including phenoxy) is 2. The second-order valence-corrected chi connectivity index (χ2v) is 9.24. The van der Waals surface area contributed by atoms with Crippen LogP contribution < -0.4 is 10.3 Å². The molecule has 8 heteroatoms. The summed E-state index contributed by atoms with van der Waals surface area (Å²) in [6, 6.07) is 12.8. The molecule has 1 fully saturated rings. The monoisotopic (exact) mass is 525 g/mol. The van der Waals surface area contributed by atoms with Gasteiger partial charge in [-0.2, -0.15) is 9.78 Å². The highest BCUT2D eigenvalue weighted by Crippen LogP contribution is 2.32. The molecule has 0 saturated heterocycles. The van der Waals surface area contributed by atoms with Crippen molar-refractivity contribution >= 4 is 39.0 Å². The highest BCUT2D eigenvalue weighted by Gasteiger charge is 2.22. The largest absolute Gasteiger partial charge is 0.478 e. The molecule has 1 atom stereocenters. The number of nitrogens with zero attached hydrogens (tertiary/aromatic N) is 3. The Hall–Kier alpha value is -3.00. The number of halogens is 1. The summed E-state index contributed by atoms with van der Waals surface area (Å²) in [5.41, 5.74) is 1.32. The first-order valence-electron chi connectivity index (χ1n) is 11.7. The second-order valence-electron chi connectivity index (χ2n) is 8.39. The predicted octanol–water partition coefficient (Wildman–Crippen LogP) is 5.42. The zero-order valence-electron chi connectivity index (χ0n) is 19.4. The average Bonchev–Trinajstić information content (AvgIpc) is 2.85. The van der Waals surface area contributed by atoms with Crippen LogP contribution in [0.4, 0.5) is 0 Å². The molecular weight excluding hydrogens is 498 g/mol. The maximum Gasteiger partial charge on any atom is 0.347 e. The van der Waals surface area contributed by atoms with E-state index in [-0.39, 0.29) is 11.5 Å². The van der Waals surface area contributed by atoms with Gasteiger partial charge in [0.1, 0.15) is 11.6 Å². The molecule has 0 unspecified atom stereocenters. The van der Waals surface area contributed by atoms with Crippen molar-refractivity contribution in [2.75, 3.05) is 6.61 Å². The molecule has 0 bridgehead atoms. The van der Waals surface area contributed by atoms with Gasteiger partial charge in [-0.1, -0.05) is 31.4 Å². The fourth-order valence-electron chi connectivity index (χ4n) is 4.19. The summed E-state index contributed by atoms with van der Waals surface area (Å²) in [5.74, 6) is 1.04. The molecule has 0 amide bonds. The van der Waals surface area contributed by atoms with E-state index < -0.39 is 12.1 Å². The minimum absolute atomic E-state index is 0.162. The van der Waals surface area contributed by atoms with E-state index in [1.807, 2.05) is 30.3 Å². The van der Waals surface area contributed by atoms with Gasteiger partial charge in [0.15, 0.2) is 6.10 Å². The molecule has 2 aromatic carbocycles. The van der Waals surface area contributed by atoms with E-state index in [1.54, 1.807) is 32.2 Å². The van der Waals surface area contributed by atoms with Crippen molar-refractivity contribution in [2.24, 2.45) is 5.10 Å². The van der Waals surface area contributed by atoms with Gasteiger partial charge in [0.05, 0.1) is 28.2 Å². The lowest BCUT2D eigenvalue weighted by Gasteiger charge is -2.22. The molecule has 0 spiro atoms. The molecule has 0 aliphatic heterocycles. The van der Waals surface area contributed by atoms with Gasteiger partial charge >= 0.3 is 5.97 Å². The molecule has 34 heavy (non-hydrogen) atoms. The molecule has 1 aliphatic rings. The van der Waals surface area contributed by atoms with Gasteiger partial charge in [0, 0.05) is 5.92 Å². The van der Waals surface area contributed by atoms with E-state index >= 15 is 0 Å². The van der Waals surface area contributed by atoms with E-state index in [0.717, 1.165) is 37.1 Å². The zero-order chi connectivity index (χ0) is 24.1. The number of carbonyl (C=O) groups is 1. The van der Waals surface area contributed by atoms with E-state index in [0.29, 0.717) is 27.7 Å². The number of carbonyl (C=O) groups excluding carboxylic acids is 1. The molecule has 1 aliphatic carbocycles. The Labute approximate surface area is 206 Å². The topological polar surface area (TPSA) is 82.8 Å². The van der Waals surface area contributed by atoms with E-state index in [1.165, 1.54) is 11.1 Å². The van der Waals surface area contributed by atoms with Crippen molar-refractivity contribution in [2.45, 2.75) is 58.0 Å². The highest BCUT2D eigenvalue weighted by atomic mass is 79.9. The van der Waals surface area contributed by atoms with Gasteiger partial charge in [-0.15, -0.1) is 0 Å². The van der Waals surface area contributed by atoms with Crippen LogP contribution in [-0.4, -0.2) is 34.6 Å². The number of hydrogen-bond donors (Lipinski definition) is 0. The standard InChI is InChI=1S/C26H28BrN3O4/c1-3-33-26(32)17(2)34-23-14-13-18(15-21(23)27)16-28-30-24(19-9-5-4-6-10-19)29-22-12-8-7-11-20(22)25(30)31/h7-8,11-17,19H,3-6,9-10H2,1-2H3/t17-/m1/s1. The van der Waals surface area contributed by atoms with Crippen LogP contribution in [0.25, 0.3) is 10.9 Å². The van der Waals surface area contributed by atoms with Crippen molar-refractivity contribution in [3.63, 3.8) is 0 Å². The highest BCUT2D eigenvalue weighted by molar-refractivity contribution is 9.10. The Morgan fingerprint density at radius 1 is 1.24 bits per heavy atom. The Morgan fingerprint density at radius 3 is 2.74 bits per heavy atom. The van der Waals surface area contributed by atoms with E-state index in [9.17, 15) is 9.59 Å². The van der Waals surface area contributed by atoms with Gasteiger partial charge in [-0.3, -0.25) is 4.79 Å². The predicted molar refractivity (Wildman–Crippen MR) is 136 cm³/mol. The number of rotatable bonds is 7. The normalized spacial score (nSPS) is 15.5. The van der Waals surface area contributed by atoms with Gasteiger partial charge in [0.2, 0.25) is 0 Å². The van der Waals surface area contributed by atoms with Crippen molar-refractivity contribution in [1.29, 1.82) is 0 Å². The van der Waals surface area contributed by atoms with Gasteiger partial charge in [-0.25, -0.2) is 9.78 Å². The minimum Gasteiger partial charge on any atom is -0.478 e. The van der Waals surface area contributed by atoms with Crippen molar-refractivity contribution in [1.82, 2.24) is 9.66 Å². The summed E-state index contributed by atoms with van der Waals surface area (Å²) in [5, 5.41) is 5.12. The van der Waals surface area contributed by atoms with Crippen LogP contribution in [0.1, 0.15) is 63.3 Å². The molecule has 1 aromatic heterocycles. The van der Waals surface area contributed by atoms with Crippen LogP contribution in [0.3, 0.4) is 0 Å². The summed E-state index contributed by atoms with van der Waals surface area (Å²) in [4.78, 5) is 30.0. The fraction of sp³-hybridized carbons (Fsp3) is 0.385. The summed E-state index contributed by atoms with van der Waals surface area (Å²) in [6.45, 7) is 3.70. The quantitative estimate of drug-likeness (QED) is 0.303. The van der Waals surface area contributed by atoms with Crippen molar-refractivity contribution in [3.8, 4) is 5.75 Å². The fourth-order valence-corrected chi connectivity index (χ4v) is 4.68. The van der Waals surface area contributed by atoms with Crippen LogP contribution in [0.15, 0.2) is 56.8 Å². The van der Waals surface area contributed by atoms with Gasteiger partial charge < -0.3 is 9.47 Å². The number of para-hydroxylation sites is 1. The maximum atomic E-state index is 13.3. The number of aromatic nitrogens is 2. The lowest BCUT2D eigenvalue weighted by molar-refractivity contribution is -0.150. The lowest BCUT2D eigenvalue weighted by Crippen LogP contribution is -2.26. The van der Waals surface area contributed by atoms with Crippen molar-refractivity contribution < 1.29 is 14.3 Å². The average molecular weight is 526 g/mol. The molecule has 3 aromatic rings. The Balaban J connectivity index is 1.64. The number of fused-ring (bicyclic) bond motifs is 1. The number of benzene rings is 2. The Morgan fingerprint density at radius 2 is 2.00 bits per heavy atom. The molecule has 178 valence electrons. The van der Waals surface area contributed by atoms with Crippen LogP contribution in [0.5, 0.6) is 5.75 Å². The molecule has 1 heterocycles. The third-order valence-corrected chi connectivity index (χ3v) is 6.57. The summed E-state index contributed by atoms with van der Waals surface area (Å²) < 4.78 is 12.8. The van der Waals surface area contributed by atoms with Gasteiger partial charge in [-0.05, 0) is 78.5 Å². The molecule has 0 N–H and O–H groups in total. The Kier molecular flexibility index (Phi) is 7.77. The smallest absolute Gasteiger partial charge is 0.347 e. The van der Waals surface area contributed by atoms with Crippen LogP contribution >= 0.6 is 15.9 Å². The minimum atomic E-state index is -0.726.